The number of benzene rings is 2. The highest BCUT2D eigenvalue weighted by Gasteiger charge is 2.26. The minimum atomic E-state index is -2.92. The first-order chi connectivity index (χ1) is 13.9. The van der Waals surface area contributed by atoms with Crippen LogP contribution in [0.2, 0.25) is 0 Å². The standard InChI is InChI=1S/C21H24F2N2O4/c1-3-14(2)18(25-21(27)28-13-15-7-5-4-6-8-15)19(26)24-16-9-11-17(12-10-16)29-20(22)23/h4-12,14,18,20H,3,13H2,1-2H3,(H,24,26)(H,25,27)/t14-,18-/m1/s1. The quantitative estimate of drug-likeness (QED) is 0.640. The van der Waals surface area contributed by atoms with E-state index < -0.39 is 24.7 Å². The number of nitrogens with one attached hydrogen (secondary N) is 2. The maximum absolute atomic E-state index is 12.7. The lowest BCUT2D eigenvalue weighted by Gasteiger charge is -2.23. The van der Waals surface area contributed by atoms with Crippen molar-refractivity contribution in [1.29, 1.82) is 0 Å². The van der Waals surface area contributed by atoms with Crippen LogP contribution >= 0.6 is 0 Å². The van der Waals surface area contributed by atoms with E-state index in [2.05, 4.69) is 15.4 Å². The average molecular weight is 406 g/mol. The number of carbonyl (C=O) groups is 2. The van der Waals surface area contributed by atoms with Gasteiger partial charge in [0.15, 0.2) is 0 Å². The first-order valence-electron chi connectivity index (χ1n) is 9.22. The Bertz CT molecular complexity index is 785. The van der Waals surface area contributed by atoms with Crippen LogP contribution < -0.4 is 15.4 Å². The number of amides is 2. The molecule has 0 aliphatic carbocycles. The highest BCUT2D eigenvalue weighted by molar-refractivity contribution is 5.96. The molecule has 2 aromatic rings. The number of ether oxygens (including phenoxy) is 2. The van der Waals surface area contributed by atoms with Crippen LogP contribution in [0.1, 0.15) is 25.8 Å². The molecule has 6 nitrogen and oxygen atoms in total. The molecular formula is C21H24F2N2O4. The molecule has 2 aromatic carbocycles. The van der Waals surface area contributed by atoms with Crippen molar-refractivity contribution in [3.05, 3.63) is 60.2 Å². The van der Waals surface area contributed by atoms with E-state index in [0.29, 0.717) is 12.1 Å². The Morgan fingerprint density at radius 2 is 1.69 bits per heavy atom. The molecule has 0 fully saturated rings. The lowest BCUT2D eigenvalue weighted by atomic mass is 9.98. The lowest BCUT2D eigenvalue weighted by Crippen LogP contribution is -2.47. The van der Waals surface area contributed by atoms with E-state index in [9.17, 15) is 18.4 Å². The molecule has 0 heterocycles. The third-order valence-corrected chi connectivity index (χ3v) is 4.33. The molecule has 2 N–H and O–H groups in total. The fourth-order valence-corrected chi connectivity index (χ4v) is 2.53. The number of alkyl halides is 2. The van der Waals surface area contributed by atoms with Gasteiger partial charge in [0, 0.05) is 5.69 Å². The summed E-state index contributed by atoms with van der Waals surface area (Å²) in [4.78, 5) is 24.8. The Balaban J connectivity index is 1.95. The smallest absolute Gasteiger partial charge is 0.408 e. The molecule has 156 valence electrons. The van der Waals surface area contributed by atoms with Gasteiger partial charge in [-0.2, -0.15) is 8.78 Å². The number of carbonyl (C=O) groups excluding carboxylic acids is 2. The van der Waals surface area contributed by atoms with Gasteiger partial charge in [-0.3, -0.25) is 4.79 Å². The summed E-state index contributed by atoms with van der Waals surface area (Å²) in [6, 6.07) is 13.9. The third kappa shape index (κ3) is 7.40. The van der Waals surface area contributed by atoms with Crippen LogP contribution in [0, 0.1) is 5.92 Å². The molecule has 0 saturated heterocycles. The summed E-state index contributed by atoms with van der Waals surface area (Å²) in [5.41, 5.74) is 1.22. The van der Waals surface area contributed by atoms with Crippen molar-refractivity contribution >= 4 is 17.7 Å². The molecule has 2 amide bonds. The van der Waals surface area contributed by atoms with Gasteiger partial charge >= 0.3 is 12.7 Å². The van der Waals surface area contributed by atoms with E-state index in [4.69, 9.17) is 4.74 Å². The van der Waals surface area contributed by atoms with Crippen LogP contribution in [0.15, 0.2) is 54.6 Å². The van der Waals surface area contributed by atoms with Crippen molar-refractivity contribution < 1.29 is 27.8 Å². The monoisotopic (exact) mass is 406 g/mol. The molecule has 0 radical (unpaired) electrons. The average Bonchev–Trinajstić information content (AvgIpc) is 2.71. The zero-order valence-corrected chi connectivity index (χ0v) is 16.2. The Labute approximate surface area is 168 Å². The molecule has 0 unspecified atom stereocenters. The van der Waals surface area contributed by atoms with Crippen LogP contribution in [0.5, 0.6) is 5.75 Å². The zero-order valence-electron chi connectivity index (χ0n) is 16.2. The van der Waals surface area contributed by atoms with E-state index in [-0.39, 0.29) is 18.3 Å². The van der Waals surface area contributed by atoms with Crippen molar-refractivity contribution in [3.63, 3.8) is 0 Å². The third-order valence-electron chi connectivity index (χ3n) is 4.33. The number of alkyl carbamates (subject to hydrolysis) is 1. The Hall–Kier alpha value is -3.16. The molecule has 2 rings (SSSR count). The SMILES string of the molecule is CC[C@@H](C)[C@@H](NC(=O)OCc1ccccc1)C(=O)Nc1ccc(OC(F)F)cc1. The van der Waals surface area contributed by atoms with Gasteiger partial charge in [-0.05, 0) is 35.7 Å². The second kappa shape index (κ2) is 11.0. The number of anilines is 1. The van der Waals surface area contributed by atoms with E-state index in [1.165, 1.54) is 24.3 Å². The van der Waals surface area contributed by atoms with Crippen molar-refractivity contribution in [2.75, 3.05) is 5.32 Å². The summed E-state index contributed by atoms with van der Waals surface area (Å²) < 4.78 is 33.9. The summed E-state index contributed by atoms with van der Waals surface area (Å²) in [5, 5.41) is 5.26. The van der Waals surface area contributed by atoms with Crippen LogP contribution in [-0.4, -0.2) is 24.7 Å². The highest BCUT2D eigenvalue weighted by atomic mass is 19.3. The van der Waals surface area contributed by atoms with Gasteiger partial charge in [-0.25, -0.2) is 4.79 Å². The Morgan fingerprint density at radius 3 is 2.28 bits per heavy atom. The van der Waals surface area contributed by atoms with Crippen molar-refractivity contribution in [3.8, 4) is 5.75 Å². The molecule has 0 aromatic heterocycles. The van der Waals surface area contributed by atoms with Gasteiger partial charge in [0.05, 0.1) is 0 Å². The van der Waals surface area contributed by atoms with Gasteiger partial charge in [0.2, 0.25) is 5.91 Å². The summed E-state index contributed by atoms with van der Waals surface area (Å²) in [6.07, 6.45) is -0.0481. The van der Waals surface area contributed by atoms with E-state index in [1.807, 2.05) is 44.2 Å². The van der Waals surface area contributed by atoms with E-state index in [1.54, 1.807) is 0 Å². The van der Waals surface area contributed by atoms with Crippen LogP contribution in [0.25, 0.3) is 0 Å². The van der Waals surface area contributed by atoms with Crippen LogP contribution in [0.3, 0.4) is 0 Å². The molecule has 0 spiro atoms. The molecule has 2 atom stereocenters. The number of halogens is 2. The molecule has 0 bridgehead atoms. The predicted octanol–water partition coefficient (Wildman–Crippen LogP) is 4.57. The molecule has 29 heavy (non-hydrogen) atoms. The van der Waals surface area contributed by atoms with Gasteiger partial charge in [0.25, 0.3) is 0 Å². The molecular weight excluding hydrogens is 382 g/mol. The predicted molar refractivity (Wildman–Crippen MR) is 105 cm³/mol. The topological polar surface area (TPSA) is 76.7 Å². The Morgan fingerprint density at radius 1 is 1.03 bits per heavy atom. The van der Waals surface area contributed by atoms with Crippen LogP contribution in [-0.2, 0) is 16.1 Å². The van der Waals surface area contributed by atoms with Gasteiger partial charge in [-0.1, -0.05) is 50.6 Å². The molecule has 0 saturated carbocycles. The highest BCUT2D eigenvalue weighted by Crippen LogP contribution is 2.19. The largest absolute Gasteiger partial charge is 0.445 e. The lowest BCUT2D eigenvalue weighted by molar-refractivity contribution is -0.119. The fraction of sp³-hybridized carbons (Fsp3) is 0.333. The van der Waals surface area contributed by atoms with Gasteiger partial charge in [0.1, 0.15) is 18.4 Å². The number of rotatable bonds is 9. The van der Waals surface area contributed by atoms with Gasteiger partial charge < -0.3 is 20.1 Å². The summed E-state index contributed by atoms with van der Waals surface area (Å²) in [5.74, 6) is -0.599. The minimum Gasteiger partial charge on any atom is -0.445 e. The number of hydrogen-bond donors (Lipinski definition) is 2. The summed E-state index contributed by atoms with van der Waals surface area (Å²) in [7, 11) is 0. The molecule has 0 aliphatic heterocycles. The summed E-state index contributed by atoms with van der Waals surface area (Å²) in [6.45, 7) is 0.906. The van der Waals surface area contributed by atoms with Crippen molar-refractivity contribution in [2.45, 2.75) is 39.5 Å². The van der Waals surface area contributed by atoms with E-state index in [0.717, 1.165) is 5.56 Å². The first-order valence-corrected chi connectivity index (χ1v) is 9.22. The maximum Gasteiger partial charge on any atom is 0.408 e. The second-order valence-corrected chi connectivity index (χ2v) is 6.46. The number of hydrogen-bond acceptors (Lipinski definition) is 4. The van der Waals surface area contributed by atoms with Crippen LogP contribution in [0.4, 0.5) is 19.3 Å². The normalized spacial score (nSPS) is 12.7. The second-order valence-electron chi connectivity index (χ2n) is 6.46. The maximum atomic E-state index is 12.7. The van der Waals surface area contributed by atoms with Crippen molar-refractivity contribution in [1.82, 2.24) is 5.32 Å². The molecule has 0 aliphatic rings. The Kier molecular flexibility index (Phi) is 8.39. The van der Waals surface area contributed by atoms with E-state index >= 15 is 0 Å². The summed E-state index contributed by atoms with van der Waals surface area (Å²) >= 11 is 0. The first kappa shape index (κ1) is 22.1. The van der Waals surface area contributed by atoms with Gasteiger partial charge in [-0.15, -0.1) is 0 Å². The molecule has 8 heteroatoms. The van der Waals surface area contributed by atoms with Crippen molar-refractivity contribution in [2.24, 2.45) is 5.92 Å². The minimum absolute atomic E-state index is 0.0147. The fourth-order valence-electron chi connectivity index (χ4n) is 2.53. The zero-order chi connectivity index (χ0) is 21.2.